The Hall–Kier alpha value is -2.45. The lowest BCUT2D eigenvalue weighted by Gasteiger charge is -2.24. The van der Waals surface area contributed by atoms with Gasteiger partial charge in [-0.3, -0.25) is 19.7 Å². The van der Waals surface area contributed by atoms with Crippen LogP contribution in [-0.4, -0.2) is 22.3 Å². The number of nitro groups is 1. The highest BCUT2D eigenvalue weighted by Gasteiger charge is 2.40. The Bertz CT molecular complexity index is 720. The van der Waals surface area contributed by atoms with Crippen LogP contribution in [-0.2, 0) is 20.5 Å². The average molecular weight is 375 g/mol. The number of alkyl halides is 3. The first-order valence-corrected chi connectivity index (χ1v) is 7.77. The van der Waals surface area contributed by atoms with Gasteiger partial charge in [-0.1, -0.05) is 19.9 Å². The molecule has 0 saturated carbocycles. The predicted molar refractivity (Wildman–Crippen MR) is 86.5 cm³/mol. The number of nitro benzene ring substituents is 1. The Kier molecular flexibility index (Phi) is 6.17. The van der Waals surface area contributed by atoms with Crippen molar-refractivity contribution in [3.05, 3.63) is 39.4 Å². The summed E-state index contributed by atoms with van der Waals surface area (Å²) in [6.45, 7) is 7.60. The van der Waals surface area contributed by atoms with Crippen LogP contribution in [0, 0.1) is 16.0 Å². The third-order valence-corrected chi connectivity index (χ3v) is 3.36. The Balaban J connectivity index is 3.57. The molecule has 1 aromatic rings. The van der Waals surface area contributed by atoms with E-state index in [9.17, 15) is 32.9 Å². The van der Waals surface area contributed by atoms with Gasteiger partial charge in [0.2, 0.25) is 0 Å². The Labute approximate surface area is 148 Å². The second kappa shape index (κ2) is 7.43. The highest BCUT2D eigenvalue weighted by molar-refractivity contribution is 6.06. The fourth-order valence-corrected chi connectivity index (χ4v) is 2.21. The number of ketones is 1. The molecule has 1 unspecified atom stereocenters. The highest BCUT2D eigenvalue weighted by atomic mass is 19.4. The third kappa shape index (κ3) is 5.27. The minimum Gasteiger partial charge on any atom is -0.459 e. The molecule has 1 rings (SSSR count). The first-order valence-electron chi connectivity index (χ1n) is 7.77. The molecule has 0 aliphatic heterocycles. The monoisotopic (exact) mass is 375 g/mol. The molecule has 0 N–H and O–H groups in total. The van der Waals surface area contributed by atoms with E-state index in [0.717, 1.165) is 6.07 Å². The lowest BCUT2D eigenvalue weighted by molar-refractivity contribution is -0.385. The molecule has 0 spiro atoms. The number of halogens is 3. The quantitative estimate of drug-likeness (QED) is 0.332. The van der Waals surface area contributed by atoms with Crippen LogP contribution in [0.25, 0.3) is 0 Å². The molecule has 26 heavy (non-hydrogen) atoms. The van der Waals surface area contributed by atoms with Gasteiger partial charge in [0.15, 0.2) is 5.78 Å². The van der Waals surface area contributed by atoms with Gasteiger partial charge in [-0.05, 0) is 26.8 Å². The van der Waals surface area contributed by atoms with Crippen LogP contribution < -0.4 is 0 Å². The molecular formula is C17H20F3NO5. The molecule has 0 aliphatic carbocycles. The lowest BCUT2D eigenvalue weighted by atomic mass is 9.87. The SMILES string of the molecule is CC(C)C(=O)C(C(=O)OC(C)(C)C)c1ccc(C(F)(F)F)cc1[N+](=O)[O-]. The van der Waals surface area contributed by atoms with Crippen molar-refractivity contribution in [2.24, 2.45) is 5.92 Å². The minimum atomic E-state index is -4.80. The normalized spacial score (nSPS) is 13.4. The number of esters is 1. The molecule has 9 heteroatoms. The topological polar surface area (TPSA) is 86.5 Å². The number of Topliss-reactive ketones (excluding diaryl/α,β-unsaturated/α-hetero) is 1. The second-order valence-electron chi connectivity index (χ2n) is 7.05. The Morgan fingerprint density at radius 2 is 1.69 bits per heavy atom. The predicted octanol–water partition coefficient (Wildman–Crippen LogP) is 4.26. The van der Waals surface area contributed by atoms with Crippen molar-refractivity contribution in [3.63, 3.8) is 0 Å². The van der Waals surface area contributed by atoms with Crippen LogP contribution in [0.4, 0.5) is 18.9 Å². The smallest absolute Gasteiger partial charge is 0.416 e. The van der Waals surface area contributed by atoms with E-state index in [1.165, 1.54) is 13.8 Å². The van der Waals surface area contributed by atoms with Crippen LogP contribution in [0.5, 0.6) is 0 Å². The summed E-state index contributed by atoms with van der Waals surface area (Å²) in [4.78, 5) is 35.2. The molecule has 0 radical (unpaired) electrons. The number of hydrogen-bond donors (Lipinski definition) is 0. The molecule has 0 aliphatic rings. The molecule has 1 aromatic carbocycles. The van der Waals surface area contributed by atoms with Crippen LogP contribution in [0.1, 0.15) is 51.7 Å². The van der Waals surface area contributed by atoms with Crippen molar-refractivity contribution in [2.75, 3.05) is 0 Å². The zero-order chi connectivity index (χ0) is 20.4. The Morgan fingerprint density at radius 1 is 1.15 bits per heavy atom. The largest absolute Gasteiger partial charge is 0.459 e. The van der Waals surface area contributed by atoms with E-state index in [0.29, 0.717) is 12.1 Å². The van der Waals surface area contributed by atoms with Gasteiger partial charge in [0, 0.05) is 12.0 Å². The summed E-state index contributed by atoms with van der Waals surface area (Å²) in [6.07, 6.45) is -4.80. The number of hydrogen-bond acceptors (Lipinski definition) is 5. The van der Waals surface area contributed by atoms with Crippen molar-refractivity contribution in [1.29, 1.82) is 0 Å². The third-order valence-electron chi connectivity index (χ3n) is 3.36. The number of carbonyl (C=O) groups excluding carboxylic acids is 2. The molecule has 144 valence electrons. The summed E-state index contributed by atoms with van der Waals surface area (Å²) in [5.74, 6) is -4.09. The zero-order valence-electron chi connectivity index (χ0n) is 15.0. The maximum atomic E-state index is 12.9. The fourth-order valence-electron chi connectivity index (χ4n) is 2.21. The zero-order valence-corrected chi connectivity index (χ0v) is 15.0. The van der Waals surface area contributed by atoms with Crippen LogP contribution in [0.2, 0.25) is 0 Å². The highest BCUT2D eigenvalue weighted by Crippen LogP contribution is 2.37. The van der Waals surface area contributed by atoms with Crippen LogP contribution >= 0.6 is 0 Å². The van der Waals surface area contributed by atoms with Gasteiger partial charge in [0.25, 0.3) is 5.69 Å². The van der Waals surface area contributed by atoms with Gasteiger partial charge in [-0.25, -0.2) is 0 Å². The van der Waals surface area contributed by atoms with E-state index in [2.05, 4.69) is 0 Å². The summed E-state index contributed by atoms with van der Waals surface area (Å²) >= 11 is 0. The Morgan fingerprint density at radius 3 is 2.08 bits per heavy atom. The van der Waals surface area contributed by atoms with Gasteiger partial charge in [-0.15, -0.1) is 0 Å². The molecule has 6 nitrogen and oxygen atoms in total. The first-order chi connectivity index (χ1) is 11.6. The van der Waals surface area contributed by atoms with E-state index < -0.39 is 57.1 Å². The summed E-state index contributed by atoms with van der Waals surface area (Å²) in [5, 5.41) is 11.3. The molecule has 1 atom stereocenters. The first kappa shape index (κ1) is 21.6. The number of nitrogens with zero attached hydrogens (tertiary/aromatic N) is 1. The average Bonchev–Trinajstić information content (AvgIpc) is 2.44. The molecule has 0 bridgehead atoms. The molecule has 0 aromatic heterocycles. The van der Waals surface area contributed by atoms with E-state index in [1.807, 2.05) is 0 Å². The number of rotatable bonds is 5. The number of carbonyl (C=O) groups is 2. The maximum Gasteiger partial charge on any atom is 0.416 e. The fraction of sp³-hybridized carbons (Fsp3) is 0.529. The van der Waals surface area contributed by atoms with Gasteiger partial charge in [0.1, 0.15) is 11.5 Å². The van der Waals surface area contributed by atoms with Crippen molar-refractivity contribution < 1.29 is 32.4 Å². The van der Waals surface area contributed by atoms with E-state index in [-0.39, 0.29) is 0 Å². The van der Waals surface area contributed by atoms with Crippen molar-refractivity contribution in [1.82, 2.24) is 0 Å². The van der Waals surface area contributed by atoms with Gasteiger partial charge >= 0.3 is 12.1 Å². The lowest BCUT2D eigenvalue weighted by Crippen LogP contribution is -2.33. The van der Waals surface area contributed by atoms with E-state index in [1.54, 1.807) is 20.8 Å². The standard InChI is InChI=1S/C17H20F3NO5/c1-9(2)14(22)13(15(23)26-16(3,4)5)11-7-6-10(17(18,19)20)8-12(11)21(24)25/h6-9,13H,1-5H3. The van der Waals surface area contributed by atoms with Crippen molar-refractivity contribution >= 4 is 17.4 Å². The number of ether oxygens (including phenoxy) is 1. The van der Waals surface area contributed by atoms with E-state index in [4.69, 9.17) is 4.74 Å². The molecular weight excluding hydrogens is 355 g/mol. The summed E-state index contributed by atoms with van der Waals surface area (Å²) < 4.78 is 43.7. The summed E-state index contributed by atoms with van der Waals surface area (Å²) in [6, 6.07) is 1.71. The molecule has 0 fully saturated rings. The van der Waals surface area contributed by atoms with Gasteiger partial charge in [-0.2, -0.15) is 13.2 Å². The maximum absolute atomic E-state index is 12.9. The molecule has 0 amide bonds. The van der Waals surface area contributed by atoms with Crippen molar-refractivity contribution in [2.45, 2.75) is 52.3 Å². The van der Waals surface area contributed by atoms with Crippen LogP contribution in [0.15, 0.2) is 18.2 Å². The van der Waals surface area contributed by atoms with Crippen LogP contribution in [0.3, 0.4) is 0 Å². The number of benzene rings is 1. The van der Waals surface area contributed by atoms with Crippen molar-refractivity contribution in [3.8, 4) is 0 Å². The summed E-state index contributed by atoms with van der Waals surface area (Å²) in [5.41, 5.74) is -3.60. The van der Waals surface area contributed by atoms with E-state index >= 15 is 0 Å². The second-order valence-corrected chi connectivity index (χ2v) is 7.05. The minimum absolute atomic E-state index is 0.320. The van der Waals surface area contributed by atoms with Gasteiger partial charge < -0.3 is 4.74 Å². The van der Waals surface area contributed by atoms with Gasteiger partial charge in [0.05, 0.1) is 16.1 Å². The summed E-state index contributed by atoms with van der Waals surface area (Å²) in [7, 11) is 0. The molecule has 0 heterocycles. The molecule has 0 saturated heterocycles.